The van der Waals surface area contributed by atoms with Crippen LogP contribution in [0.25, 0.3) is 0 Å². The van der Waals surface area contributed by atoms with Crippen molar-refractivity contribution in [1.29, 1.82) is 0 Å². The first kappa shape index (κ1) is 44.5. The van der Waals surface area contributed by atoms with Crippen LogP contribution in [0.15, 0.2) is 48.5 Å². The molecule has 0 fully saturated rings. The second-order valence-electron chi connectivity index (χ2n) is 13.6. The third-order valence-electron chi connectivity index (χ3n) is 9.23. The molecule has 12 N–H and O–H groups in total. The Balaban J connectivity index is 1.54. The standard InChI is InChI=1S/C38H57ClN8O7/c1-3-4-5-8-16-47(22-29(49)32(51)33(52)30(50)23-48)17-15-43-37(53)27-13-11-25(12-14-27)19-42-20-26(18-28-10-7-6-9-24(28)2)21-44-38(54)31-35(40)46-36(41)34(39)45-31/h6-7,9-14,26,29-30,32-33,42,48-52H,3-5,8,15-23H2,1-2H3,(H,43,53)(H,44,54)(H4,40,41,46)/t26-,29-,30-,32-,33-/m1/s1. The minimum absolute atomic E-state index is 0.00586. The molecule has 3 rings (SSSR count). The number of nitrogens with two attached hydrogens (primary N) is 2. The largest absolute Gasteiger partial charge is 0.394 e. The summed E-state index contributed by atoms with van der Waals surface area (Å²) in [7, 11) is 0. The molecule has 0 radical (unpaired) electrons. The molecule has 0 saturated carbocycles. The van der Waals surface area contributed by atoms with E-state index in [1.807, 2.05) is 42.2 Å². The topological polar surface area (TPSA) is 252 Å². The summed E-state index contributed by atoms with van der Waals surface area (Å²) in [6.45, 7) is 6.12. The van der Waals surface area contributed by atoms with Crippen LogP contribution >= 0.6 is 11.6 Å². The third-order valence-corrected chi connectivity index (χ3v) is 9.51. The van der Waals surface area contributed by atoms with Gasteiger partial charge in [-0.15, -0.1) is 0 Å². The number of hydrogen-bond acceptors (Lipinski definition) is 13. The Morgan fingerprint density at radius 2 is 1.56 bits per heavy atom. The fraction of sp³-hybridized carbons (Fsp3) is 0.526. The normalized spacial score (nSPS) is 14.3. The molecule has 1 aromatic heterocycles. The number of aryl methyl sites for hydroxylation is 1. The van der Waals surface area contributed by atoms with Gasteiger partial charge < -0.3 is 53.0 Å². The van der Waals surface area contributed by atoms with Crippen LogP contribution in [0.3, 0.4) is 0 Å². The van der Waals surface area contributed by atoms with E-state index in [0.29, 0.717) is 44.7 Å². The van der Waals surface area contributed by atoms with Crippen molar-refractivity contribution in [2.75, 3.05) is 57.3 Å². The second kappa shape index (κ2) is 23.1. The van der Waals surface area contributed by atoms with E-state index in [9.17, 15) is 30.0 Å². The molecule has 0 aliphatic heterocycles. The Hall–Kier alpha value is -3.93. The van der Waals surface area contributed by atoms with Crippen molar-refractivity contribution >= 4 is 35.1 Å². The lowest BCUT2D eigenvalue weighted by molar-refractivity contribution is -0.119. The number of aliphatic hydroxyl groups excluding tert-OH is 5. The molecule has 0 unspecified atom stereocenters. The van der Waals surface area contributed by atoms with Crippen LogP contribution in [0.4, 0.5) is 11.6 Å². The monoisotopic (exact) mass is 772 g/mol. The summed E-state index contributed by atoms with van der Waals surface area (Å²) in [5, 5.41) is 58.7. The average Bonchev–Trinajstić information content (AvgIpc) is 3.16. The van der Waals surface area contributed by atoms with Crippen molar-refractivity contribution in [1.82, 2.24) is 30.8 Å². The molecule has 2 aromatic carbocycles. The highest BCUT2D eigenvalue weighted by Crippen LogP contribution is 2.18. The number of halogens is 1. The fourth-order valence-corrected chi connectivity index (χ4v) is 6.04. The number of aromatic nitrogens is 2. The van der Waals surface area contributed by atoms with Crippen molar-refractivity contribution in [2.24, 2.45) is 5.92 Å². The summed E-state index contributed by atoms with van der Waals surface area (Å²) in [5.41, 5.74) is 15.2. The zero-order valence-electron chi connectivity index (χ0n) is 31.1. The molecule has 0 spiro atoms. The van der Waals surface area contributed by atoms with Crippen LogP contribution in [0.5, 0.6) is 0 Å². The summed E-state index contributed by atoms with van der Waals surface area (Å²) >= 11 is 5.97. The van der Waals surface area contributed by atoms with E-state index in [-0.39, 0.29) is 47.4 Å². The molecular formula is C38H57ClN8O7. The molecule has 0 bridgehead atoms. The van der Waals surface area contributed by atoms with Gasteiger partial charge in [0.05, 0.1) is 12.7 Å². The molecular weight excluding hydrogens is 716 g/mol. The molecule has 2 amide bonds. The Morgan fingerprint density at radius 1 is 0.852 bits per heavy atom. The number of aliphatic hydroxyl groups is 5. The molecule has 0 aliphatic rings. The van der Waals surface area contributed by atoms with Gasteiger partial charge >= 0.3 is 0 Å². The number of unbranched alkanes of at least 4 members (excludes halogenated alkanes) is 3. The number of carbonyl (C=O) groups excluding carboxylic acids is 2. The number of amides is 2. The maximum absolute atomic E-state index is 13.0. The highest BCUT2D eigenvalue weighted by atomic mass is 35.5. The number of anilines is 2. The van der Waals surface area contributed by atoms with Gasteiger partial charge in [-0.05, 0) is 61.1 Å². The number of hydrogen-bond donors (Lipinski definition) is 10. The first-order valence-corrected chi connectivity index (χ1v) is 18.8. The van der Waals surface area contributed by atoms with Gasteiger partial charge in [-0.2, -0.15) is 0 Å². The zero-order chi connectivity index (χ0) is 39.6. The molecule has 16 heteroatoms. The lowest BCUT2D eigenvalue weighted by Crippen LogP contribution is -2.50. The number of benzene rings is 2. The van der Waals surface area contributed by atoms with E-state index in [2.05, 4.69) is 38.9 Å². The van der Waals surface area contributed by atoms with E-state index < -0.39 is 36.9 Å². The van der Waals surface area contributed by atoms with Crippen molar-refractivity contribution in [3.63, 3.8) is 0 Å². The Kier molecular flexibility index (Phi) is 19.0. The van der Waals surface area contributed by atoms with Gasteiger partial charge in [-0.1, -0.05) is 74.2 Å². The van der Waals surface area contributed by atoms with Crippen LogP contribution in [0, 0.1) is 12.8 Å². The average molecular weight is 773 g/mol. The lowest BCUT2D eigenvalue weighted by atomic mass is 9.95. The number of carbonyl (C=O) groups is 2. The van der Waals surface area contributed by atoms with Gasteiger partial charge in [-0.25, -0.2) is 9.97 Å². The quantitative estimate of drug-likeness (QED) is 0.0572. The Bertz CT molecular complexity index is 1600. The number of nitrogens with one attached hydrogen (secondary N) is 3. The Morgan fingerprint density at radius 3 is 2.24 bits per heavy atom. The predicted molar refractivity (Wildman–Crippen MR) is 209 cm³/mol. The van der Waals surface area contributed by atoms with Crippen LogP contribution in [0.2, 0.25) is 5.15 Å². The summed E-state index contributed by atoms with van der Waals surface area (Å²) in [6, 6.07) is 15.3. The van der Waals surface area contributed by atoms with Crippen molar-refractivity contribution in [3.8, 4) is 0 Å². The molecule has 0 saturated heterocycles. The minimum Gasteiger partial charge on any atom is -0.394 e. The van der Waals surface area contributed by atoms with Gasteiger partial charge in [0.15, 0.2) is 22.5 Å². The first-order valence-electron chi connectivity index (χ1n) is 18.4. The predicted octanol–water partition coefficient (Wildman–Crippen LogP) is 1.03. The zero-order valence-corrected chi connectivity index (χ0v) is 31.9. The molecule has 3 aromatic rings. The van der Waals surface area contributed by atoms with E-state index in [1.54, 1.807) is 12.1 Å². The van der Waals surface area contributed by atoms with E-state index in [4.69, 9.17) is 28.2 Å². The molecule has 0 aliphatic carbocycles. The van der Waals surface area contributed by atoms with Crippen molar-refractivity contribution in [2.45, 2.75) is 76.9 Å². The first-order chi connectivity index (χ1) is 25.8. The van der Waals surface area contributed by atoms with Crippen LogP contribution in [0.1, 0.15) is 70.1 Å². The molecule has 54 heavy (non-hydrogen) atoms. The molecule has 298 valence electrons. The van der Waals surface area contributed by atoms with Gasteiger partial charge in [0.1, 0.15) is 18.3 Å². The van der Waals surface area contributed by atoms with Crippen molar-refractivity contribution in [3.05, 3.63) is 81.6 Å². The molecule has 5 atom stereocenters. The smallest absolute Gasteiger partial charge is 0.273 e. The molecule has 1 heterocycles. The number of nitrogens with zero attached hydrogens (tertiary/aromatic N) is 3. The lowest BCUT2D eigenvalue weighted by Gasteiger charge is -2.30. The maximum Gasteiger partial charge on any atom is 0.273 e. The summed E-state index contributed by atoms with van der Waals surface area (Å²) < 4.78 is 0. The van der Waals surface area contributed by atoms with Gasteiger partial charge in [0.2, 0.25) is 0 Å². The Labute approximate surface area is 322 Å². The summed E-state index contributed by atoms with van der Waals surface area (Å²) in [5.74, 6) is -0.916. The van der Waals surface area contributed by atoms with E-state index >= 15 is 0 Å². The SMILES string of the molecule is CCCCCCN(CCNC(=O)c1ccc(CNC[C@H](CNC(=O)c2nc(Cl)c(N)nc2N)Cc2ccccc2C)cc1)C[C@@H](O)[C@@H](O)[C@H](O)[C@H](O)CO. The van der Waals surface area contributed by atoms with E-state index in [1.165, 1.54) is 0 Å². The third kappa shape index (κ3) is 14.4. The maximum atomic E-state index is 13.0. The van der Waals surface area contributed by atoms with Gasteiger partial charge in [0, 0.05) is 44.8 Å². The van der Waals surface area contributed by atoms with Crippen LogP contribution in [-0.2, 0) is 13.0 Å². The fourth-order valence-electron chi connectivity index (χ4n) is 5.91. The number of rotatable bonds is 24. The molecule has 15 nitrogen and oxygen atoms in total. The highest BCUT2D eigenvalue weighted by Gasteiger charge is 2.31. The van der Waals surface area contributed by atoms with E-state index in [0.717, 1.165) is 42.4 Å². The van der Waals surface area contributed by atoms with Crippen LogP contribution < -0.4 is 27.4 Å². The van der Waals surface area contributed by atoms with Gasteiger partial charge in [-0.3, -0.25) is 14.5 Å². The minimum atomic E-state index is -1.70. The summed E-state index contributed by atoms with van der Waals surface area (Å²) in [4.78, 5) is 35.7. The van der Waals surface area contributed by atoms with Gasteiger partial charge in [0.25, 0.3) is 11.8 Å². The summed E-state index contributed by atoms with van der Waals surface area (Å²) in [6.07, 6.45) is -1.64. The second-order valence-corrected chi connectivity index (χ2v) is 13.9. The van der Waals surface area contributed by atoms with Crippen molar-refractivity contribution < 1.29 is 35.1 Å². The number of nitrogen functional groups attached to an aromatic ring is 2. The van der Waals surface area contributed by atoms with Crippen LogP contribution in [-0.4, -0.2) is 123 Å². The highest BCUT2D eigenvalue weighted by molar-refractivity contribution is 6.31.